The molecule has 3 aromatic heterocycles. The van der Waals surface area contributed by atoms with E-state index >= 15 is 0 Å². The molecule has 0 aliphatic rings. The van der Waals surface area contributed by atoms with Gasteiger partial charge in [0, 0.05) is 17.8 Å². The fourth-order valence-corrected chi connectivity index (χ4v) is 4.70. The third-order valence-electron chi connectivity index (χ3n) is 4.70. The first-order chi connectivity index (χ1) is 16.5. The molecule has 1 aromatic carbocycles. The minimum Gasteiger partial charge on any atom is -0.480 e. The standard InChI is InChI=1S/C23H21F2N5O3SSi/c1-33-23-20(29-34(31,32)21-7-5-16(24)12-18(21)25)11-15(13-27-23)19-6-8-22-26-14-17(30(22)28-19)9-10-35(2,3)4/h5-8,11-14,29H,1-4H3. The van der Waals surface area contributed by atoms with Crippen molar-refractivity contribution in [2.24, 2.45) is 0 Å². The number of hydrogen-bond donors (Lipinski definition) is 1. The lowest BCUT2D eigenvalue weighted by Gasteiger charge is -2.13. The van der Waals surface area contributed by atoms with Crippen molar-refractivity contribution in [2.75, 3.05) is 11.8 Å². The van der Waals surface area contributed by atoms with E-state index in [0.29, 0.717) is 28.7 Å². The monoisotopic (exact) mass is 513 g/mol. The van der Waals surface area contributed by atoms with Crippen LogP contribution in [-0.2, 0) is 10.0 Å². The van der Waals surface area contributed by atoms with Gasteiger partial charge >= 0.3 is 0 Å². The Morgan fingerprint density at radius 3 is 2.51 bits per heavy atom. The van der Waals surface area contributed by atoms with Crippen LogP contribution in [-0.4, -0.2) is 43.2 Å². The summed E-state index contributed by atoms with van der Waals surface area (Å²) in [6, 6.07) is 7.12. The predicted molar refractivity (Wildman–Crippen MR) is 130 cm³/mol. The van der Waals surface area contributed by atoms with E-state index < -0.39 is 34.6 Å². The van der Waals surface area contributed by atoms with Gasteiger partial charge in [0.1, 0.15) is 36.0 Å². The van der Waals surface area contributed by atoms with Gasteiger partial charge in [-0.25, -0.2) is 31.7 Å². The first kappa shape index (κ1) is 24.3. The SMILES string of the molecule is COc1ncc(-c2ccc3ncc(C#C[Si](C)(C)C)n3n2)cc1NS(=O)(=O)c1ccc(F)cc1F. The molecule has 4 aromatic rings. The number of hydrogen-bond acceptors (Lipinski definition) is 6. The van der Waals surface area contributed by atoms with Crippen LogP contribution in [0.5, 0.6) is 5.88 Å². The van der Waals surface area contributed by atoms with Crippen molar-refractivity contribution >= 4 is 29.4 Å². The van der Waals surface area contributed by atoms with Gasteiger partial charge in [-0.1, -0.05) is 25.6 Å². The summed E-state index contributed by atoms with van der Waals surface area (Å²) in [6.45, 7) is 6.39. The second-order valence-corrected chi connectivity index (χ2v) is 15.0. The second kappa shape index (κ2) is 9.08. The molecule has 180 valence electrons. The number of anilines is 1. The molecule has 0 radical (unpaired) electrons. The van der Waals surface area contributed by atoms with Gasteiger partial charge in [-0.3, -0.25) is 4.72 Å². The number of fused-ring (bicyclic) bond motifs is 1. The van der Waals surface area contributed by atoms with Gasteiger partial charge in [0.25, 0.3) is 10.0 Å². The van der Waals surface area contributed by atoms with Crippen LogP contribution in [0.1, 0.15) is 5.69 Å². The Labute approximate surface area is 202 Å². The molecular weight excluding hydrogens is 492 g/mol. The molecule has 0 unspecified atom stereocenters. The largest absolute Gasteiger partial charge is 0.480 e. The third kappa shape index (κ3) is 5.31. The number of nitrogens with one attached hydrogen (secondary N) is 1. The lowest BCUT2D eigenvalue weighted by atomic mass is 10.2. The van der Waals surface area contributed by atoms with E-state index in [4.69, 9.17) is 4.74 Å². The molecule has 35 heavy (non-hydrogen) atoms. The normalized spacial score (nSPS) is 11.7. The zero-order valence-corrected chi connectivity index (χ0v) is 21.1. The highest BCUT2D eigenvalue weighted by Gasteiger charge is 2.22. The summed E-state index contributed by atoms with van der Waals surface area (Å²) >= 11 is 0. The zero-order chi connectivity index (χ0) is 25.4. The Morgan fingerprint density at radius 2 is 1.83 bits per heavy atom. The number of aromatic nitrogens is 4. The maximum atomic E-state index is 14.1. The molecular formula is C23H21F2N5O3SSi. The first-order valence-corrected chi connectivity index (χ1v) is 15.4. The number of methoxy groups -OCH3 is 1. The van der Waals surface area contributed by atoms with Crippen LogP contribution in [0.2, 0.25) is 19.6 Å². The Bertz CT molecular complexity index is 1610. The number of benzene rings is 1. The summed E-state index contributed by atoms with van der Waals surface area (Å²) in [5, 5.41) is 4.59. The third-order valence-corrected chi connectivity index (χ3v) is 6.97. The predicted octanol–water partition coefficient (Wildman–Crippen LogP) is 4.11. The molecule has 1 N–H and O–H groups in total. The number of sulfonamides is 1. The van der Waals surface area contributed by atoms with E-state index in [1.165, 1.54) is 19.4 Å². The van der Waals surface area contributed by atoms with Crippen LogP contribution in [0.25, 0.3) is 16.9 Å². The number of imidazole rings is 1. The van der Waals surface area contributed by atoms with Crippen molar-refractivity contribution in [1.82, 2.24) is 19.6 Å². The number of pyridine rings is 1. The number of rotatable bonds is 5. The maximum absolute atomic E-state index is 14.1. The topological polar surface area (TPSA) is 98.5 Å². The van der Waals surface area contributed by atoms with E-state index in [1.807, 2.05) is 0 Å². The molecule has 0 saturated heterocycles. The smallest absolute Gasteiger partial charge is 0.264 e. The highest BCUT2D eigenvalue weighted by molar-refractivity contribution is 7.92. The highest BCUT2D eigenvalue weighted by atomic mass is 32.2. The fraction of sp³-hybridized carbons (Fsp3) is 0.174. The van der Waals surface area contributed by atoms with E-state index in [2.05, 4.69) is 50.9 Å². The number of halogens is 2. The van der Waals surface area contributed by atoms with Crippen LogP contribution < -0.4 is 9.46 Å². The molecule has 0 amide bonds. The molecule has 0 bridgehead atoms. The second-order valence-electron chi connectivity index (χ2n) is 8.59. The molecule has 0 aliphatic heterocycles. The van der Waals surface area contributed by atoms with E-state index in [0.717, 1.165) is 12.1 Å². The fourth-order valence-electron chi connectivity index (χ4n) is 3.09. The molecule has 0 spiro atoms. The van der Waals surface area contributed by atoms with Gasteiger partial charge in [-0.2, -0.15) is 5.10 Å². The summed E-state index contributed by atoms with van der Waals surface area (Å²) in [5.41, 5.74) is 5.39. The Balaban J connectivity index is 1.75. The molecule has 0 saturated carbocycles. The van der Waals surface area contributed by atoms with Crippen molar-refractivity contribution in [2.45, 2.75) is 24.5 Å². The van der Waals surface area contributed by atoms with Gasteiger partial charge in [-0.15, -0.1) is 5.54 Å². The van der Waals surface area contributed by atoms with Gasteiger partial charge in [0.15, 0.2) is 5.65 Å². The average molecular weight is 514 g/mol. The minimum atomic E-state index is -4.41. The Hall–Kier alpha value is -3.82. The van der Waals surface area contributed by atoms with E-state index in [-0.39, 0.29) is 11.6 Å². The molecule has 3 heterocycles. The average Bonchev–Trinajstić information content (AvgIpc) is 3.19. The van der Waals surface area contributed by atoms with E-state index in [9.17, 15) is 17.2 Å². The van der Waals surface area contributed by atoms with Gasteiger partial charge in [-0.05, 0) is 30.3 Å². The summed E-state index contributed by atoms with van der Waals surface area (Å²) in [6.07, 6.45) is 3.11. The lowest BCUT2D eigenvalue weighted by molar-refractivity contribution is 0.400. The van der Waals surface area contributed by atoms with Crippen LogP contribution in [0.4, 0.5) is 14.5 Å². The van der Waals surface area contributed by atoms with Crippen molar-refractivity contribution in [3.8, 4) is 28.6 Å². The summed E-state index contributed by atoms with van der Waals surface area (Å²) < 4.78 is 62.0. The van der Waals surface area contributed by atoms with Crippen LogP contribution in [0.3, 0.4) is 0 Å². The molecule has 4 rings (SSSR count). The lowest BCUT2D eigenvalue weighted by Crippen LogP contribution is -2.16. The number of ether oxygens (including phenoxy) is 1. The molecule has 12 heteroatoms. The molecule has 0 atom stereocenters. The Morgan fingerprint density at radius 1 is 1.06 bits per heavy atom. The van der Waals surface area contributed by atoms with Gasteiger partial charge < -0.3 is 4.74 Å². The van der Waals surface area contributed by atoms with Crippen molar-refractivity contribution in [3.05, 3.63) is 66.1 Å². The quantitative estimate of drug-likeness (QED) is 0.319. The first-order valence-electron chi connectivity index (χ1n) is 10.4. The van der Waals surface area contributed by atoms with Crippen molar-refractivity contribution < 1.29 is 21.9 Å². The minimum absolute atomic E-state index is 0.0368. The van der Waals surface area contributed by atoms with Gasteiger partial charge in [0.05, 0.1) is 19.0 Å². The van der Waals surface area contributed by atoms with Crippen LogP contribution in [0.15, 0.2) is 53.7 Å². The van der Waals surface area contributed by atoms with Crippen LogP contribution in [0, 0.1) is 23.1 Å². The summed E-state index contributed by atoms with van der Waals surface area (Å²) in [5.74, 6) is 0.984. The molecule has 0 fully saturated rings. The van der Waals surface area contributed by atoms with Crippen molar-refractivity contribution in [3.63, 3.8) is 0 Å². The maximum Gasteiger partial charge on any atom is 0.264 e. The molecule has 8 nitrogen and oxygen atoms in total. The summed E-state index contributed by atoms with van der Waals surface area (Å²) in [4.78, 5) is 7.76. The zero-order valence-electron chi connectivity index (χ0n) is 19.3. The van der Waals surface area contributed by atoms with Crippen LogP contribution >= 0.6 is 0 Å². The van der Waals surface area contributed by atoms with E-state index in [1.54, 1.807) is 22.8 Å². The Kier molecular flexibility index (Phi) is 6.31. The highest BCUT2D eigenvalue weighted by Crippen LogP contribution is 2.30. The van der Waals surface area contributed by atoms with Gasteiger partial charge in [0.2, 0.25) is 5.88 Å². The number of nitrogens with zero attached hydrogens (tertiary/aromatic N) is 4. The summed E-state index contributed by atoms with van der Waals surface area (Å²) in [7, 11) is -4.71. The van der Waals surface area contributed by atoms with Crippen molar-refractivity contribution in [1.29, 1.82) is 0 Å². The molecule has 0 aliphatic carbocycles.